The highest BCUT2D eigenvalue weighted by molar-refractivity contribution is 6.01. The summed E-state index contributed by atoms with van der Waals surface area (Å²) in [4.78, 5) is 20.4. The second-order valence-corrected chi connectivity index (χ2v) is 4.66. The van der Waals surface area contributed by atoms with E-state index in [0.717, 1.165) is 24.4 Å². The molecule has 2 N–H and O–H groups in total. The van der Waals surface area contributed by atoms with Crippen molar-refractivity contribution in [3.63, 3.8) is 0 Å². The summed E-state index contributed by atoms with van der Waals surface area (Å²) in [5.74, 6) is 0.540. The first-order valence-electron chi connectivity index (χ1n) is 6.79. The van der Waals surface area contributed by atoms with Crippen molar-refractivity contribution in [2.45, 2.75) is 27.2 Å². The molecule has 0 saturated heterocycles. The Morgan fingerprint density at radius 2 is 1.86 bits per heavy atom. The lowest BCUT2D eigenvalue weighted by Crippen LogP contribution is -2.17. The number of carbonyl (C=O) groups is 1. The highest BCUT2D eigenvalue weighted by Crippen LogP contribution is 2.07. The van der Waals surface area contributed by atoms with E-state index in [0.29, 0.717) is 5.82 Å². The topological polar surface area (TPSA) is 92.7 Å². The van der Waals surface area contributed by atoms with Crippen LogP contribution in [0.4, 0.5) is 11.8 Å². The third kappa shape index (κ3) is 4.20. The Balaban J connectivity index is 2.06. The maximum Gasteiger partial charge on any atom is 0.278 e. The van der Waals surface area contributed by atoms with E-state index in [1.54, 1.807) is 12.1 Å². The minimum Gasteiger partial charge on any atom is -0.369 e. The van der Waals surface area contributed by atoms with E-state index < -0.39 is 0 Å². The number of rotatable bonds is 5. The zero-order valence-electron chi connectivity index (χ0n) is 12.3. The molecule has 0 radical (unpaired) electrons. The number of aryl methyl sites for hydroxylation is 2. The molecule has 1 amide bonds. The largest absolute Gasteiger partial charge is 0.369 e. The van der Waals surface area contributed by atoms with Gasteiger partial charge in [-0.05, 0) is 38.5 Å². The molecule has 0 fully saturated rings. The van der Waals surface area contributed by atoms with Crippen LogP contribution in [-0.4, -0.2) is 32.6 Å². The van der Waals surface area contributed by atoms with Gasteiger partial charge in [-0.3, -0.25) is 10.1 Å². The van der Waals surface area contributed by atoms with Crippen molar-refractivity contribution in [3.8, 4) is 0 Å². The molecule has 21 heavy (non-hydrogen) atoms. The molecule has 2 aromatic rings. The van der Waals surface area contributed by atoms with Crippen LogP contribution in [0.25, 0.3) is 0 Å². The number of hydrogen-bond acceptors (Lipinski definition) is 6. The van der Waals surface area contributed by atoms with Crippen LogP contribution in [0.15, 0.2) is 18.2 Å². The third-order valence-corrected chi connectivity index (χ3v) is 2.66. The highest BCUT2D eigenvalue weighted by atomic mass is 16.2. The van der Waals surface area contributed by atoms with Crippen molar-refractivity contribution in [2.24, 2.45) is 0 Å². The fraction of sp³-hybridized carbons (Fsp3) is 0.357. The average molecular weight is 286 g/mol. The van der Waals surface area contributed by atoms with Crippen molar-refractivity contribution in [1.29, 1.82) is 0 Å². The fourth-order valence-corrected chi connectivity index (χ4v) is 1.75. The van der Waals surface area contributed by atoms with E-state index >= 15 is 0 Å². The molecule has 110 valence electrons. The number of hydrogen-bond donors (Lipinski definition) is 2. The van der Waals surface area contributed by atoms with Gasteiger partial charge in [-0.25, -0.2) is 9.97 Å². The van der Waals surface area contributed by atoms with Gasteiger partial charge in [-0.1, -0.05) is 6.92 Å². The third-order valence-electron chi connectivity index (χ3n) is 2.66. The molecule has 0 atom stereocenters. The highest BCUT2D eigenvalue weighted by Gasteiger charge is 2.10. The van der Waals surface area contributed by atoms with E-state index in [9.17, 15) is 4.79 Å². The Morgan fingerprint density at radius 3 is 2.43 bits per heavy atom. The summed E-state index contributed by atoms with van der Waals surface area (Å²) < 4.78 is 0. The molecule has 0 spiro atoms. The molecule has 2 heterocycles. The number of nitrogens with zero attached hydrogens (tertiary/aromatic N) is 4. The predicted octanol–water partition coefficient (Wildman–Crippen LogP) is 1.96. The van der Waals surface area contributed by atoms with Crippen molar-refractivity contribution in [3.05, 3.63) is 35.3 Å². The summed E-state index contributed by atoms with van der Waals surface area (Å²) in [6, 6.07) is 5.17. The fourth-order valence-electron chi connectivity index (χ4n) is 1.75. The summed E-state index contributed by atoms with van der Waals surface area (Å²) in [6.45, 7) is 6.57. The van der Waals surface area contributed by atoms with E-state index in [4.69, 9.17) is 0 Å². The van der Waals surface area contributed by atoms with E-state index in [1.165, 1.54) is 0 Å². The predicted molar refractivity (Wildman–Crippen MR) is 80.3 cm³/mol. The lowest BCUT2D eigenvalue weighted by Gasteiger charge is -2.06. The van der Waals surface area contributed by atoms with Crippen LogP contribution in [0.3, 0.4) is 0 Å². The Morgan fingerprint density at radius 1 is 1.14 bits per heavy atom. The average Bonchev–Trinajstić information content (AvgIpc) is 2.44. The van der Waals surface area contributed by atoms with Gasteiger partial charge in [0.1, 0.15) is 5.82 Å². The van der Waals surface area contributed by atoms with E-state index in [2.05, 4.69) is 37.7 Å². The van der Waals surface area contributed by atoms with Crippen molar-refractivity contribution < 1.29 is 4.79 Å². The minimum absolute atomic E-state index is 0.222. The number of aromatic nitrogens is 4. The molecule has 7 nitrogen and oxygen atoms in total. The molecule has 0 aliphatic heterocycles. The summed E-state index contributed by atoms with van der Waals surface area (Å²) in [5.41, 5.74) is 1.81. The molecule has 0 aliphatic rings. The van der Waals surface area contributed by atoms with Gasteiger partial charge in [-0.15, -0.1) is 10.2 Å². The standard InChI is InChI=1S/C14H18N6O/c1-4-7-15-12-6-5-11(19-20-12)13(21)18-14-16-9(2)8-10(3)17-14/h5-6,8H,4,7H2,1-3H3,(H,15,20)(H,16,17,18,21). The number of nitrogens with one attached hydrogen (secondary N) is 2. The zero-order chi connectivity index (χ0) is 15.2. The van der Waals surface area contributed by atoms with Crippen LogP contribution in [0, 0.1) is 13.8 Å². The van der Waals surface area contributed by atoms with Crippen LogP contribution in [-0.2, 0) is 0 Å². The van der Waals surface area contributed by atoms with Gasteiger partial charge in [-0.2, -0.15) is 0 Å². The maximum absolute atomic E-state index is 12.0. The summed E-state index contributed by atoms with van der Waals surface area (Å²) >= 11 is 0. The van der Waals surface area contributed by atoms with Gasteiger partial charge in [0.15, 0.2) is 5.69 Å². The molecule has 2 rings (SSSR count). The monoisotopic (exact) mass is 286 g/mol. The lowest BCUT2D eigenvalue weighted by molar-refractivity contribution is 0.102. The van der Waals surface area contributed by atoms with E-state index in [-0.39, 0.29) is 17.5 Å². The second-order valence-electron chi connectivity index (χ2n) is 4.66. The Labute approximate surface area is 123 Å². The Hall–Kier alpha value is -2.57. The molecule has 0 aromatic carbocycles. The van der Waals surface area contributed by atoms with Gasteiger partial charge in [0.05, 0.1) is 0 Å². The van der Waals surface area contributed by atoms with Crippen LogP contribution in [0.2, 0.25) is 0 Å². The first kappa shape index (κ1) is 14.8. The van der Waals surface area contributed by atoms with Gasteiger partial charge >= 0.3 is 0 Å². The van der Waals surface area contributed by atoms with Crippen LogP contribution < -0.4 is 10.6 Å². The van der Waals surface area contributed by atoms with E-state index in [1.807, 2.05) is 19.9 Å². The lowest BCUT2D eigenvalue weighted by atomic mass is 10.3. The minimum atomic E-state index is -0.380. The van der Waals surface area contributed by atoms with Crippen molar-refractivity contribution in [2.75, 3.05) is 17.2 Å². The second kappa shape index (κ2) is 6.74. The summed E-state index contributed by atoms with van der Waals surface area (Å²) in [5, 5.41) is 13.6. The summed E-state index contributed by atoms with van der Waals surface area (Å²) in [6.07, 6.45) is 0.994. The van der Waals surface area contributed by atoms with Crippen LogP contribution in [0.5, 0.6) is 0 Å². The number of amides is 1. The van der Waals surface area contributed by atoms with Gasteiger partial charge in [0.2, 0.25) is 5.95 Å². The zero-order valence-corrected chi connectivity index (χ0v) is 12.3. The first-order chi connectivity index (χ1) is 10.1. The molecule has 0 unspecified atom stereocenters. The number of carbonyl (C=O) groups excluding carboxylic acids is 1. The molecule has 0 saturated carbocycles. The quantitative estimate of drug-likeness (QED) is 0.872. The van der Waals surface area contributed by atoms with Crippen molar-refractivity contribution >= 4 is 17.7 Å². The molecular weight excluding hydrogens is 268 g/mol. The molecule has 2 aromatic heterocycles. The van der Waals surface area contributed by atoms with Gasteiger partial charge < -0.3 is 5.32 Å². The Bertz CT molecular complexity index is 606. The SMILES string of the molecule is CCCNc1ccc(C(=O)Nc2nc(C)cc(C)n2)nn1. The van der Waals surface area contributed by atoms with Gasteiger partial charge in [0, 0.05) is 17.9 Å². The van der Waals surface area contributed by atoms with Crippen LogP contribution >= 0.6 is 0 Å². The first-order valence-corrected chi connectivity index (χ1v) is 6.79. The molecule has 7 heteroatoms. The van der Waals surface area contributed by atoms with Crippen LogP contribution in [0.1, 0.15) is 35.2 Å². The summed E-state index contributed by atoms with van der Waals surface area (Å²) in [7, 11) is 0. The molecular formula is C14H18N6O. The number of anilines is 2. The maximum atomic E-state index is 12.0. The van der Waals surface area contributed by atoms with Crippen molar-refractivity contribution in [1.82, 2.24) is 20.2 Å². The smallest absolute Gasteiger partial charge is 0.278 e. The molecule has 0 aliphatic carbocycles. The normalized spacial score (nSPS) is 10.2. The van der Waals surface area contributed by atoms with Gasteiger partial charge in [0.25, 0.3) is 5.91 Å². The molecule has 0 bridgehead atoms. The Kier molecular flexibility index (Phi) is 4.76.